The molecule has 6 nitrogen and oxygen atoms in total. The summed E-state index contributed by atoms with van der Waals surface area (Å²) in [5.74, 6) is -2.82. The van der Waals surface area contributed by atoms with Crippen LogP contribution in [0.5, 0.6) is 0 Å². The van der Waals surface area contributed by atoms with Crippen LogP contribution in [0, 0.1) is 18.6 Å². The van der Waals surface area contributed by atoms with E-state index in [1.807, 2.05) is 49.4 Å². The molecule has 0 atom stereocenters. The molecular weight excluding hydrogens is 430 g/mol. The quantitative estimate of drug-likeness (QED) is 0.357. The Labute approximate surface area is 188 Å². The lowest BCUT2D eigenvalue weighted by atomic mass is 9.94. The van der Waals surface area contributed by atoms with Crippen LogP contribution in [0.15, 0.2) is 59.1 Å². The molecule has 0 aliphatic rings. The second kappa shape index (κ2) is 9.30. The third-order valence-corrected chi connectivity index (χ3v) is 5.22. The van der Waals surface area contributed by atoms with Gasteiger partial charge in [-0.1, -0.05) is 35.5 Å². The Morgan fingerprint density at radius 1 is 0.970 bits per heavy atom. The van der Waals surface area contributed by atoms with Crippen molar-refractivity contribution in [1.29, 1.82) is 0 Å². The maximum absolute atomic E-state index is 14.6. The Morgan fingerprint density at radius 2 is 1.76 bits per heavy atom. The smallest absolute Gasteiger partial charge is 0.340 e. The number of aryl methyl sites for hydroxylation is 1. The fourth-order valence-corrected chi connectivity index (χ4v) is 3.57. The van der Waals surface area contributed by atoms with Gasteiger partial charge in [0.05, 0.1) is 24.8 Å². The first kappa shape index (κ1) is 22.3. The number of nitrogens with zero attached hydrogens (tertiary/aromatic N) is 2. The van der Waals surface area contributed by atoms with Gasteiger partial charge in [-0.25, -0.2) is 13.6 Å². The second-order valence-corrected chi connectivity index (χ2v) is 7.35. The van der Waals surface area contributed by atoms with Crippen LogP contribution in [0.3, 0.4) is 0 Å². The van der Waals surface area contributed by atoms with Crippen LogP contribution in [0.1, 0.15) is 21.5 Å². The van der Waals surface area contributed by atoms with Gasteiger partial charge in [0.15, 0.2) is 0 Å². The van der Waals surface area contributed by atoms with Crippen molar-refractivity contribution in [2.24, 2.45) is 0 Å². The lowest BCUT2D eigenvalue weighted by Crippen LogP contribution is -2.06. The second-order valence-electron chi connectivity index (χ2n) is 7.35. The first-order valence-corrected chi connectivity index (χ1v) is 10.0. The molecule has 0 aliphatic carbocycles. The van der Waals surface area contributed by atoms with Gasteiger partial charge in [-0.2, -0.15) is 4.98 Å². The van der Waals surface area contributed by atoms with Crippen LogP contribution >= 0.6 is 0 Å². The van der Waals surface area contributed by atoms with Crippen molar-refractivity contribution >= 4 is 5.97 Å². The highest BCUT2D eigenvalue weighted by molar-refractivity contribution is 5.90. The summed E-state index contributed by atoms with van der Waals surface area (Å²) in [5, 5.41) is 3.79. The first-order chi connectivity index (χ1) is 15.9. The van der Waals surface area contributed by atoms with Gasteiger partial charge < -0.3 is 14.0 Å². The molecule has 0 radical (unpaired) electrons. The third-order valence-electron chi connectivity index (χ3n) is 5.22. The number of halogens is 2. The number of carbonyl (C=O) groups excluding carboxylic acids is 1. The molecule has 168 valence electrons. The molecule has 4 aromatic rings. The van der Waals surface area contributed by atoms with E-state index in [0.29, 0.717) is 12.2 Å². The number of aromatic nitrogens is 2. The van der Waals surface area contributed by atoms with E-state index in [4.69, 9.17) is 9.26 Å². The third kappa shape index (κ3) is 4.38. The van der Waals surface area contributed by atoms with E-state index in [1.54, 1.807) is 7.11 Å². The predicted octanol–water partition coefficient (Wildman–Crippen LogP) is 5.59. The minimum Gasteiger partial charge on any atom is -0.465 e. The highest BCUT2D eigenvalue weighted by Gasteiger charge is 2.21. The molecule has 0 saturated heterocycles. The van der Waals surface area contributed by atoms with Crippen molar-refractivity contribution in [3.63, 3.8) is 0 Å². The Hall–Kier alpha value is -3.91. The maximum atomic E-state index is 14.6. The Morgan fingerprint density at radius 3 is 2.48 bits per heavy atom. The Kier molecular flexibility index (Phi) is 6.28. The van der Waals surface area contributed by atoms with E-state index in [2.05, 4.69) is 14.9 Å². The van der Waals surface area contributed by atoms with Crippen LogP contribution in [0.25, 0.3) is 34.0 Å². The van der Waals surface area contributed by atoms with Crippen LogP contribution in [0.4, 0.5) is 8.78 Å². The van der Waals surface area contributed by atoms with E-state index in [9.17, 15) is 13.6 Å². The van der Waals surface area contributed by atoms with Crippen molar-refractivity contribution in [1.82, 2.24) is 10.1 Å². The molecular formula is C25H20F2N2O4. The van der Waals surface area contributed by atoms with Gasteiger partial charge in [-0.05, 0) is 53.4 Å². The molecule has 3 aromatic carbocycles. The number of esters is 1. The zero-order valence-electron chi connectivity index (χ0n) is 18.2. The zero-order valence-corrected chi connectivity index (χ0v) is 18.2. The summed E-state index contributed by atoms with van der Waals surface area (Å²) in [4.78, 5) is 15.8. The zero-order chi connectivity index (χ0) is 23.5. The standard InChI is InChI=1S/C25H20F2N2O4/c1-14-6-4-5-7-17(14)18-9-8-15(10-16(18)13-31-2)24-28-23(29-33-24)19-11-22(27)20(12-21(19)26)25(30)32-3/h4-12H,13H2,1-3H3. The molecule has 33 heavy (non-hydrogen) atoms. The summed E-state index contributed by atoms with van der Waals surface area (Å²) >= 11 is 0. The van der Waals surface area contributed by atoms with E-state index in [1.165, 1.54) is 0 Å². The number of rotatable bonds is 6. The summed E-state index contributed by atoms with van der Waals surface area (Å²) in [7, 11) is 2.69. The van der Waals surface area contributed by atoms with Gasteiger partial charge in [0.1, 0.15) is 11.6 Å². The molecule has 1 heterocycles. The average Bonchev–Trinajstić information content (AvgIpc) is 3.30. The average molecular weight is 450 g/mol. The topological polar surface area (TPSA) is 74.5 Å². The first-order valence-electron chi connectivity index (χ1n) is 10.0. The Bertz CT molecular complexity index is 1330. The van der Waals surface area contributed by atoms with Gasteiger partial charge in [0.2, 0.25) is 5.82 Å². The minimum atomic E-state index is -0.980. The molecule has 0 saturated carbocycles. The van der Waals surface area contributed by atoms with E-state index >= 15 is 0 Å². The van der Waals surface area contributed by atoms with Crippen LogP contribution in [0.2, 0.25) is 0 Å². The largest absolute Gasteiger partial charge is 0.465 e. The van der Waals surface area contributed by atoms with Gasteiger partial charge in [-0.3, -0.25) is 0 Å². The number of carbonyl (C=O) groups is 1. The van der Waals surface area contributed by atoms with E-state index in [0.717, 1.165) is 41.5 Å². The minimum absolute atomic E-state index is 0.135. The van der Waals surface area contributed by atoms with Gasteiger partial charge >= 0.3 is 5.97 Å². The lowest BCUT2D eigenvalue weighted by molar-refractivity contribution is 0.0595. The molecule has 4 rings (SSSR count). The van der Waals surface area contributed by atoms with Crippen molar-refractivity contribution in [2.75, 3.05) is 14.2 Å². The fourth-order valence-electron chi connectivity index (χ4n) is 3.57. The molecule has 8 heteroatoms. The molecule has 0 amide bonds. The SMILES string of the molecule is COCc1cc(-c2nc(-c3cc(F)c(C(=O)OC)cc3F)no2)ccc1-c1ccccc1C. The van der Waals surface area contributed by atoms with Gasteiger partial charge in [0.25, 0.3) is 5.89 Å². The van der Waals surface area contributed by atoms with Crippen molar-refractivity contribution in [2.45, 2.75) is 13.5 Å². The number of hydrogen-bond donors (Lipinski definition) is 0. The highest BCUT2D eigenvalue weighted by Crippen LogP contribution is 2.32. The summed E-state index contributed by atoms with van der Waals surface area (Å²) < 4.78 is 44.0. The summed E-state index contributed by atoms with van der Waals surface area (Å²) in [5.41, 5.74) is 3.96. The highest BCUT2D eigenvalue weighted by atomic mass is 19.1. The normalized spacial score (nSPS) is 10.9. The van der Waals surface area contributed by atoms with E-state index < -0.39 is 23.2 Å². The fraction of sp³-hybridized carbons (Fsp3) is 0.160. The number of hydrogen-bond acceptors (Lipinski definition) is 6. The van der Waals surface area contributed by atoms with Crippen LogP contribution in [-0.4, -0.2) is 30.3 Å². The van der Waals surface area contributed by atoms with Crippen molar-refractivity contribution in [3.8, 4) is 34.0 Å². The van der Waals surface area contributed by atoms with Gasteiger partial charge in [0, 0.05) is 12.7 Å². The van der Waals surface area contributed by atoms with Crippen LogP contribution in [-0.2, 0) is 16.1 Å². The van der Waals surface area contributed by atoms with Crippen LogP contribution < -0.4 is 0 Å². The predicted molar refractivity (Wildman–Crippen MR) is 117 cm³/mol. The van der Waals surface area contributed by atoms with E-state index in [-0.39, 0.29) is 17.3 Å². The van der Waals surface area contributed by atoms with Crippen molar-refractivity contribution < 1.29 is 27.6 Å². The maximum Gasteiger partial charge on any atom is 0.340 e. The summed E-state index contributed by atoms with van der Waals surface area (Å²) in [6.45, 7) is 2.39. The lowest BCUT2D eigenvalue weighted by Gasteiger charge is -2.12. The molecule has 0 aliphatic heterocycles. The molecule has 0 fully saturated rings. The summed E-state index contributed by atoms with van der Waals surface area (Å²) in [6, 6.07) is 15.2. The molecule has 0 spiro atoms. The molecule has 1 aromatic heterocycles. The van der Waals surface area contributed by atoms with Gasteiger partial charge in [-0.15, -0.1) is 0 Å². The number of methoxy groups -OCH3 is 2. The molecule has 0 unspecified atom stereocenters. The monoisotopic (exact) mass is 450 g/mol. The number of ether oxygens (including phenoxy) is 2. The molecule has 0 bridgehead atoms. The van der Waals surface area contributed by atoms with Crippen molar-refractivity contribution in [3.05, 3.63) is 82.9 Å². The molecule has 0 N–H and O–H groups in total. The summed E-state index contributed by atoms with van der Waals surface area (Å²) in [6.07, 6.45) is 0. The number of benzene rings is 3. The Balaban J connectivity index is 1.72.